The molecule has 0 radical (unpaired) electrons. The van der Waals surface area contributed by atoms with Crippen molar-refractivity contribution in [2.75, 3.05) is 31.1 Å². The normalized spacial score (nSPS) is 18.1. The summed E-state index contributed by atoms with van der Waals surface area (Å²) in [5, 5.41) is 3.12. The molecule has 1 saturated carbocycles. The number of pyridine rings is 1. The number of carbonyl (C=O) groups excluding carboxylic acids is 2. The number of hydrogen-bond donors (Lipinski definition) is 1. The molecule has 28 heavy (non-hydrogen) atoms. The van der Waals surface area contributed by atoms with Crippen LogP contribution in [-0.2, 0) is 0 Å². The lowest BCUT2D eigenvalue weighted by atomic mass is 9.95. The highest BCUT2D eigenvalue weighted by Crippen LogP contribution is 2.20. The number of anilines is 1. The molecule has 3 heterocycles. The first-order valence-corrected chi connectivity index (χ1v) is 10.1. The van der Waals surface area contributed by atoms with Crippen molar-refractivity contribution in [2.24, 2.45) is 0 Å². The van der Waals surface area contributed by atoms with Crippen molar-refractivity contribution in [3.63, 3.8) is 0 Å². The van der Waals surface area contributed by atoms with Gasteiger partial charge in [0.05, 0.1) is 6.26 Å². The molecule has 7 nitrogen and oxygen atoms in total. The highest BCUT2D eigenvalue weighted by Gasteiger charge is 2.24. The van der Waals surface area contributed by atoms with Gasteiger partial charge in [0.2, 0.25) is 0 Å². The van der Waals surface area contributed by atoms with E-state index in [0.29, 0.717) is 37.6 Å². The van der Waals surface area contributed by atoms with Crippen LogP contribution in [0.4, 0.5) is 5.69 Å². The number of nitrogens with zero attached hydrogens (tertiary/aromatic N) is 3. The minimum atomic E-state index is -0.0969. The van der Waals surface area contributed by atoms with E-state index in [-0.39, 0.29) is 17.9 Å². The summed E-state index contributed by atoms with van der Waals surface area (Å²) < 4.78 is 5.21. The summed E-state index contributed by atoms with van der Waals surface area (Å²) in [6.07, 6.45) is 8.92. The summed E-state index contributed by atoms with van der Waals surface area (Å²) in [5.41, 5.74) is 1.42. The first kappa shape index (κ1) is 18.5. The van der Waals surface area contributed by atoms with Crippen LogP contribution in [-0.4, -0.2) is 53.9 Å². The van der Waals surface area contributed by atoms with Crippen LogP contribution in [0.2, 0.25) is 0 Å². The van der Waals surface area contributed by atoms with E-state index in [4.69, 9.17) is 4.42 Å². The molecule has 0 aromatic carbocycles. The van der Waals surface area contributed by atoms with Gasteiger partial charge in [-0.1, -0.05) is 19.3 Å². The molecule has 0 bridgehead atoms. The zero-order valence-corrected chi connectivity index (χ0v) is 16.0. The Hall–Kier alpha value is -2.83. The number of piperazine rings is 1. The largest absolute Gasteiger partial charge is 0.459 e. The highest BCUT2D eigenvalue weighted by molar-refractivity contribution is 5.93. The van der Waals surface area contributed by atoms with E-state index in [1.54, 1.807) is 23.2 Å². The van der Waals surface area contributed by atoms with Crippen LogP contribution in [0.25, 0.3) is 0 Å². The molecule has 2 aromatic rings. The zero-order chi connectivity index (χ0) is 19.3. The lowest BCUT2D eigenvalue weighted by Crippen LogP contribution is -2.48. The quantitative estimate of drug-likeness (QED) is 0.880. The SMILES string of the molecule is O=C(NC1CCCCC1)c1cc(N2CCN(C(=O)c3ccco3)CC2)ccn1. The van der Waals surface area contributed by atoms with Crippen LogP contribution in [0, 0.1) is 0 Å². The van der Waals surface area contributed by atoms with Crippen molar-refractivity contribution in [1.29, 1.82) is 0 Å². The van der Waals surface area contributed by atoms with Crippen molar-refractivity contribution >= 4 is 17.5 Å². The Morgan fingerprint density at radius 1 is 1.07 bits per heavy atom. The van der Waals surface area contributed by atoms with E-state index in [1.807, 2.05) is 12.1 Å². The monoisotopic (exact) mass is 382 g/mol. The average Bonchev–Trinajstić information content (AvgIpc) is 3.29. The summed E-state index contributed by atoms with van der Waals surface area (Å²) in [7, 11) is 0. The molecule has 1 aliphatic carbocycles. The lowest BCUT2D eigenvalue weighted by Gasteiger charge is -2.35. The van der Waals surface area contributed by atoms with Crippen LogP contribution in [0.15, 0.2) is 41.1 Å². The fourth-order valence-corrected chi connectivity index (χ4v) is 3.97. The van der Waals surface area contributed by atoms with Gasteiger partial charge in [-0.05, 0) is 37.1 Å². The minimum absolute atomic E-state index is 0.0769. The third-order valence-corrected chi connectivity index (χ3v) is 5.58. The first-order chi connectivity index (χ1) is 13.7. The van der Waals surface area contributed by atoms with E-state index in [0.717, 1.165) is 18.5 Å². The Morgan fingerprint density at radius 3 is 2.57 bits per heavy atom. The molecule has 2 amide bonds. The summed E-state index contributed by atoms with van der Waals surface area (Å²) in [5.74, 6) is 0.200. The van der Waals surface area contributed by atoms with Crippen LogP contribution >= 0.6 is 0 Å². The van der Waals surface area contributed by atoms with Gasteiger partial charge >= 0.3 is 0 Å². The van der Waals surface area contributed by atoms with Crippen molar-refractivity contribution in [1.82, 2.24) is 15.2 Å². The van der Waals surface area contributed by atoms with Crippen LogP contribution in [0.1, 0.15) is 53.1 Å². The average molecular weight is 382 g/mol. The lowest BCUT2D eigenvalue weighted by molar-refractivity contribution is 0.0714. The van der Waals surface area contributed by atoms with Gasteiger partial charge in [-0.25, -0.2) is 0 Å². The number of nitrogens with one attached hydrogen (secondary N) is 1. The molecule has 1 saturated heterocycles. The second kappa shape index (κ2) is 8.46. The Labute approximate surface area is 164 Å². The Bertz CT molecular complexity index is 807. The highest BCUT2D eigenvalue weighted by atomic mass is 16.3. The van der Waals surface area contributed by atoms with E-state index in [2.05, 4.69) is 15.2 Å². The molecule has 0 unspecified atom stereocenters. The zero-order valence-electron chi connectivity index (χ0n) is 16.0. The fourth-order valence-electron chi connectivity index (χ4n) is 3.97. The van der Waals surface area contributed by atoms with Gasteiger partial charge in [-0.2, -0.15) is 0 Å². The maximum atomic E-state index is 12.6. The van der Waals surface area contributed by atoms with Crippen molar-refractivity contribution in [3.8, 4) is 0 Å². The summed E-state index contributed by atoms with van der Waals surface area (Å²) in [6, 6.07) is 7.45. The second-order valence-corrected chi connectivity index (χ2v) is 7.46. The van der Waals surface area contributed by atoms with E-state index < -0.39 is 0 Å². The standard InChI is InChI=1S/C21H26N4O3/c26-20(23-16-5-2-1-3-6-16)18-15-17(8-9-22-18)24-10-12-25(13-11-24)21(27)19-7-4-14-28-19/h4,7-9,14-16H,1-3,5-6,10-13H2,(H,23,26). The molecule has 1 N–H and O–H groups in total. The van der Waals surface area contributed by atoms with E-state index >= 15 is 0 Å². The summed E-state index contributed by atoms with van der Waals surface area (Å²) in [6.45, 7) is 2.65. The fraction of sp³-hybridized carbons (Fsp3) is 0.476. The van der Waals surface area contributed by atoms with Gasteiger partial charge in [-0.15, -0.1) is 0 Å². The molecule has 148 valence electrons. The summed E-state index contributed by atoms with van der Waals surface area (Å²) >= 11 is 0. The second-order valence-electron chi connectivity index (χ2n) is 7.46. The smallest absolute Gasteiger partial charge is 0.289 e. The number of aromatic nitrogens is 1. The van der Waals surface area contributed by atoms with Gasteiger partial charge in [0.1, 0.15) is 5.69 Å². The maximum absolute atomic E-state index is 12.6. The number of furan rings is 1. The Kier molecular flexibility index (Phi) is 5.60. The van der Waals surface area contributed by atoms with Crippen LogP contribution < -0.4 is 10.2 Å². The van der Waals surface area contributed by atoms with Gasteiger partial charge in [-0.3, -0.25) is 14.6 Å². The topological polar surface area (TPSA) is 78.7 Å². The van der Waals surface area contributed by atoms with E-state index in [9.17, 15) is 9.59 Å². The molecule has 2 aliphatic rings. The molecule has 0 atom stereocenters. The molecule has 2 fully saturated rings. The molecule has 2 aromatic heterocycles. The molecular formula is C21H26N4O3. The predicted molar refractivity (Wildman–Crippen MR) is 105 cm³/mol. The number of rotatable bonds is 4. The number of amides is 2. The molecule has 7 heteroatoms. The third-order valence-electron chi connectivity index (χ3n) is 5.58. The Morgan fingerprint density at radius 2 is 1.86 bits per heavy atom. The number of hydrogen-bond acceptors (Lipinski definition) is 5. The molecule has 4 rings (SSSR count). The number of carbonyl (C=O) groups is 2. The van der Waals surface area contributed by atoms with Crippen LogP contribution in [0.3, 0.4) is 0 Å². The molecule has 1 aliphatic heterocycles. The van der Waals surface area contributed by atoms with Crippen molar-refractivity contribution < 1.29 is 14.0 Å². The van der Waals surface area contributed by atoms with Gasteiger partial charge < -0.3 is 19.5 Å². The molecule has 0 spiro atoms. The minimum Gasteiger partial charge on any atom is -0.459 e. The van der Waals surface area contributed by atoms with Gasteiger partial charge in [0.25, 0.3) is 11.8 Å². The maximum Gasteiger partial charge on any atom is 0.289 e. The van der Waals surface area contributed by atoms with Crippen molar-refractivity contribution in [3.05, 3.63) is 48.2 Å². The predicted octanol–water partition coefficient (Wildman–Crippen LogP) is 2.70. The summed E-state index contributed by atoms with van der Waals surface area (Å²) in [4.78, 5) is 33.2. The Balaban J connectivity index is 1.35. The van der Waals surface area contributed by atoms with Crippen LogP contribution in [0.5, 0.6) is 0 Å². The van der Waals surface area contributed by atoms with Gasteiger partial charge in [0.15, 0.2) is 5.76 Å². The van der Waals surface area contributed by atoms with Gasteiger partial charge in [0, 0.05) is 44.1 Å². The van der Waals surface area contributed by atoms with Crippen molar-refractivity contribution in [2.45, 2.75) is 38.1 Å². The first-order valence-electron chi connectivity index (χ1n) is 10.1. The van der Waals surface area contributed by atoms with E-state index in [1.165, 1.54) is 25.5 Å². The third kappa shape index (κ3) is 4.18. The molecular weight excluding hydrogens is 356 g/mol.